The smallest absolute Gasteiger partial charge is 0.230 e. The van der Waals surface area contributed by atoms with Gasteiger partial charge in [0.2, 0.25) is 5.91 Å². The summed E-state index contributed by atoms with van der Waals surface area (Å²) >= 11 is 1.45. The maximum absolute atomic E-state index is 11.4. The lowest BCUT2D eigenvalue weighted by molar-refractivity contribution is -0.118. The van der Waals surface area contributed by atoms with E-state index in [-0.39, 0.29) is 5.91 Å². The second-order valence-corrected chi connectivity index (χ2v) is 4.57. The van der Waals surface area contributed by atoms with E-state index in [0.29, 0.717) is 17.2 Å². The number of methoxy groups -OCH3 is 1. The highest BCUT2D eigenvalue weighted by molar-refractivity contribution is 8.00. The van der Waals surface area contributed by atoms with Crippen molar-refractivity contribution >= 4 is 23.4 Å². The van der Waals surface area contributed by atoms with E-state index in [9.17, 15) is 4.79 Å². The third-order valence-corrected chi connectivity index (χ3v) is 3.17. The Morgan fingerprint density at radius 1 is 1.53 bits per heavy atom. The second kappa shape index (κ2) is 7.06. The zero-order chi connectivity index (χ0) is 12.7. The van der Waals surface area contributed by atoms with Crippen molar-refractivity contribution in [1.29, 1.82) is 0 Å². The van der Waals surface area contributed by atoms with Crippen molar-refractivity contribution in [3.05, 3.63) is 18.2 Å². The summed E-state index contributed by atoms with van der Waals surface area (Å²) < 4.78 is 5.21. The van der Waals surface area contributed by atoms with Gasteiger partial charge in [-0.3, -0.25) is 4.79 Å². The molecule has 1 aromatic carbocycles. The average Bonchev–Trinajstić information content (AvgIpc) is 2.34. The summed E-state index contributed by atoms with van der Waals surface area (Å²) in [5.41, 5.74) is 6.31. The van der Waals surface area contributed by atoms with Crippen molar-refractivity contribution in [3.8, 4) is 5.75 Å². The molecular weight excluding hydrogens is 236 g/mol. The molecule has 0 aliphatic rings. The van der Waals surface area contributed by atoms with E-state index in [2.05, 4.69) is 5.32 Å². The standard InChI is InChI=1S/C12H18N2O2S/c1-3-6-14-12(15)8-17-11-5-4-9(13)7-10(11)16-2/h4-5,7H,3,6,8,13H2,1-2H3,(H,14,15). The normalized spacial score (nSPS) is 10.0. The van der Waals surface area contributed by atoms with E-state index in [0.717, 1.165) is 17.9 Å². The molecule has 1 rings (SSSR count). The Kier molecular flexibility index (Phi) is 5.69. The Bertz CT molecular complexity index is 383. The first-order valence-corrected chi connectivity index (χ1v) is 6.49. The molecule has 0 atom stereocenters. The number of thioether (sulfide) groups is 1. The Morgan fingerprint density at radius 2 is 2.29 bits per heavy atom. The predicted molar refractivity (Wildman–Crippen MR) is 71.4 cm³/mol. The number of nitrogens with one attached hydrogen (secondary N) is 1. The lowest BCUT2D eigenvalue weighted by atomic mass is 10.3. The molecule has 94 valence electrons. The van der Waals surface area contributed by atoms with Crippen LogP contribution in [0.5, 0.6) is 5.75 Å². The summed E-state index contributed by atoms with van der Waals surface area (Å²) in [5, 5.41) is 2.83. The zero-order valence-electron chi connectivity index (χ0n) is 10.2. The van der Waals surface area contributed by atoms with Gasteiger partial charge in [0.15, 0.2) is 0 Å². The van der Waals surface area contributed by atoms with Gasteiger partial charge >= 0.3 is 0 Å². The second-order valence-electron chi connectivity index (χ2n) is 3.55. The first-order valence-electron chi connectivity index (χ1n) is 5.50. The van der Waals surface area contributed by atoms with E-state index in [4.69, 9.17) is 10.5 Å². The summed E-state index contributed by atoms with van der Waals surface area (Å²) in [6.45, 7) is 2.74. The number of nitrogen functional groups attached to an aromatic ring is 1. The molecule has 1 amide bonds. The molecule has 0 aliphatic carbocycles. The molecule has 0 unspecified atom stereocenters. The minimum Gasteiger partial charge on any atom is -0.496 e. The molecule has 0 bridgehead atoms. The van der Waals surface area contributed by atoms with E-state index in [1.807, 2.05) is 13.0 Å². The zero-order valence-corrected chi connectivity index (χ0v) is 11.0. The molecule has 0 aromatic heterocycles. The molecule has 0 spiro atoms. The van der Waals surface area contributed by atoms with E-state index >= 15 is 0 Å². The van der Waals surface area contributed by atoms with Gasteiger partial charge in [0, 0.05) is 23.2 Å². The van der Waals surface area contributed by atoms with Crippen LogP contribution in [-0.4, -0.2) is 25.3 Å². The van der Waals surface area contributed by atoms with Gasteiger partial charge in [-0.15, -0.1) is 11.8 Å². The van der Waals surface area contributed by atoms with Crippen molar-refractivity contribution < 1.29 is 9.53 Å². The van der Waals surface area contributed by atoms with Crippen LogP contribution >= 0.6 is 11.8 Å². The van der Waals surface area contributed by atoms with Crippen LogP contribution in [0.15, 0.2) is 23.1 Å². The van der Waals surface area contributed by atoms with Crippen molar-refractivity contribution in [2.24, 2.45) is 0 Å². The Hall–Kier alpha value is -1.36. The summed E-state index contributed by atoms with van der Waals surface area (Å²) in [6, 6.07) is 5.42. The third-order valence-electron chi connectivity index (χ3n) is 2.12. The molecule has 0 fully saturated rings. The van der Waals surface area contributed by atoms with Crippen LogP contribution in [0.3, 0.4) is 0 Å². The molecule has 0 saturated carbocycles. The maximum Gasteiger partial charge on any atom is 0.230 e. The van der Waals surface area contributed by atoms with Crippen molar-refractivity contribution in [3.63, 3.8) is 0 Å². The molecule has 0 aliphatic heterocycles. The van der Waals surface area contributed by atoms with Gasteiger partial charge in [0.25, 0.3) is 0 Å². The number of carbonyl (C=O) groups is 1. The SMILES string of the molecule is CCCNC(=O)CSc1ccc(N)cc1OC. The number of anilines is 1. The van der Waals surface area contributed by atoms with Crippen LogP contribution in [0.2, 0.25) is 0 Å². The predicted octanol–water partition coefficient (Wildman–Crippen LogP) is 1.90. The molecule has 1 aromatic rings. The Labute approximate surface area is 106 Å². The summed E-state index contributed by atoms with van der Waals surface area (Å²) in [6.07, 6.45) is 0.946. The van der Waals surface area contributed by atoms with Crippen molar-refractivity contribution in [2.45, 2.75) is 18.2 Å². The van der Waals surface area contributed by atoms with Crippen molar-refractivity contribution in [2.75, 3.05) is 25.1 Å². The highest BCUT2D eigenvalue weighted by atomic mass is 32.2. The van der Waals surface area contributed by atoms with Gasteiger partial charge in [0.1, 0.15) is 5.75 Å². The molecule has 17 heavy (non-hydrogen) atoms. The summed E-state index contributed by atoms with van der Waals surface area (Å²) in [4.78, 5) is 12.4. The van der Waals surface area contributed by atoms with Crippen molar-refractivity contribution in [1.82, 2.24) is 5.32 Å². The number of nitrogens with two attached hydrogens (primary N) is 1. The van der Waals surface area contributed by atoms with Gasteiger partial charge in [-0.25, -0.2) is 0 Å². The van der Waals surface area contributed by atoms with Crippen LogP contribution in [0.4, 0.5) is 5.69 Å². The van der Waals surface area contributed by atoms with Gasteiger partial charge in [-0.05, 0) is 18.6 Å². The van der Waals surface area contributed by atoms with Gasteiger partial charge in [-0.1, -0.05) is 6.92 Å². The lowest BCUT2D eigenvalue weighted by Gasteiger charge is -2.08. The van der Waals surface area contributed by atoms with E-state index in [1.165, 1.54) is 11.8 Å². The minimum absolute atomic E-state index is 0.0377. The molecule has 3 N–H and O–H groups in total. The number of hydrogen-bond donors (Lipinski definition) is 2. The molecule has 0 heterocycles. The maximum atomic E-state index is 11.4. The highest BCUT2D eigenvalue weighted by Gasteiger charge is 2.07. The Balaban J connectivity index is 2.54. The number of benzene rings is 1. The fourth-order valence-electron chi connectivity index (χ4n) is 1.26. The number of ether oxygens (including phenoxy) is 1. The first-order chi connectivity index (χ1) is 8.17. The highest BCUT2D eigenvalue weighted by Crippen LogP contribution is 2.30. The van der Waals surface area contributed by atoms with E-state index < -0.39 is 0 Å². The lowest BCUT2D eigenvalue weighted by Crippen LogP contribution is -2.25. The number of amides is 1. The largest absolute Gasteiger partial charge is 0.496 e. The Morgan fingerprint density at radius 3 is 2.94 bits per heavy atom. The fourth-order valence-corrected chi connectivity index (χ4v) is 2.10. The molecule has 5 heteroatoms. The van der Waals surface area contributed by atoms with Crippen LogP contribution in [-0.2, 0) is 4.79 Å². The quantitative estimate of drug-likeness (QED) is 0.601. The van der Waals surface area contributed by atoms with Crippen LogP contribution in [0.1, 0.15) is 13.3 Å². The molecule has 4 nitrogen and oxygen atoms in total. The van der Waals surface area contributed by atoms with Gasteiger partial charge in [0.05, 0.1) is 12.9 Å². The fraction of sp³-hybridized carbons (Fsp3) is 0.417. The topological polar surface area (TPSA) is 64.4 Å². The van der Waals surface area contributed by atoms with Crippen LogP contribution in [0.25, 0.3) is 0 Å². The summed E-state index contributed by atoms with van der Waals surface area (Å²) in [7, 11) is 1.59. The molecule has 0 saturated heterocycles. The number of carbonyl (C=O) groups excluding carboxylic acids is 1. The third kappa shape index (κ3) is 4.56. The van der Waals surface area contributed by atoms with E-state index in [1.54, 1.807) is 19.2 Å². The first kappa shape index (κ1) is 13.7. The van der Waals surface area contributed by atoms with Gasteiger partial charge in [-0.2, -0.15) is 0 Å². The van der Waals surface area contributed by atoms with Crippen LogP contribution < -0.4 is 15.8 Å². The average molecular weight is 254 g/mol. The summed E-state index contributed by atoms with van der Waals surface area (Å²) in [5.74, 6) is 1.13. The monoisotopic (exact) mass is 254 g/mol. The molecular formula is C12H18N2O2S. The van der Waals surface area contributed by atoms with Crippen LogP contribution in [0, 0.1) is 0 Å². The molecule has 0 radical (unpaired) electrons. The number of rotatable bonds is 6. The number of hydrogen-bond acceptors (Lipinski definition) is 4. The minimum atomic E-state index is 0.0377. The van der Waals surface area contributed by atoms with Gasteiger partial charge < -0.3 is 15.8 Å².